The number of fused-ring (bicyclic) bond motifs is 2. The van der Waals surface area contributed by atoms with Crippen LogP contribution in [0.2, 0.25) is 0 Å². The smallest absolute Gasteiger partial charge is 0.407 e. The molecule has 0 aromatic carbocycles. The molecule has 2 aliphatic rings. The van der Waals surface area contributed by atoms with Gasteiger partial charge in [0.1, 0.15) is 5.60 Å². The van der Waals surface area contributed by atoms with Gasteiger partial charge in [-0.3, -0.25) is 4.79 Å². The average molecular weight is 269 g/mol. The summed E-state index contributed by atoms with van der Waals surface area (Å²) in [6.07, 6.45) is 2.98. The van der Waals surface area contributed by atoms with Crippen LogP contribution in [0.15, 0.2) is 0 Å². The number of nitrogens with one attached hydrogen (secondary N) is 1. The van der Waals surface area contributed by atoms with Gasteiger partial charge in [-0.05, 0) is 58.3 Å². The summed E-state index contributed by atoms with van der Waals surface area (Å²) >= 11 is 0. The van der Waals surface area contributed by atoms with Crippen LogP contribution in [0, 0.1) is 17.8 Å². The molecule has 2 bridgehead atoms. The van der Waals surface area contributed by atoms with E-state index < -0.39 is 11.6 Å². The molecule has 2 aliphatic carbocycles. The van der Waals surface area contributed by atoms with Crippen LogP contribution in [0.1, 0.15) is 46.5 Å². The Balaban J connectivity index is 1.93. The van der Waals surface area contributed by atoms with Gasteiger partial charge in [0.2, 0.25) is 0 Å². The highest BCUT2D eigenvalue weighted by Gasteiger charge is 2.45. The fourth-order valence-corrected chi connectivity index (χ4v) is 3.41. The number of rotatable bonds is 2. The summed E-state index contributed by atoms with van der Waals surface area (Å²) in [5, 5.41) is 12.1. The Morgan fingerprint density at radius 3 is 2.11 bits per heavy atom. The maximum Gasteiger partial charge on any atom is 0.407 e. The van der Waals surface area contributed by atoms with E-state index in [9.17, 15) is 9.59 Å². The summed E-state index contributed by atoms with van der Waals surface area (Å²) in [5.41, 5.74) is -0.499. The third-order valence-electron chi connectivity index (χ3n) is 4.13. The average Bonchev–Trinajstić information content (AvgIpc) is 2.48. The molecule has 0 radical (unpaired) electrons. The molecule has 0 aromatic heterocycles. The van der Waals surface area contributed by atoms with Crippen molar-refractivity contribution in [2.45, 2.75) is 58.1 Å². The van der Waals surface area contributed by atoms with E-state index in [1.54, 1.807) is 0 Å². The lowest BCUT2D eigenvalue weighted by Gasteiger charge is -2.34. The lowest BCUT2D eigenvalue weighted by molar-refractivity contribution is -0.143. The van der Waals surface area contributed by atoms with Crippen LogP contribution in [-0.2, 0) is 9.53 Å². The predicted octanol–water partition coefficient (Wildman–Crippen LogP) is 2.40. The standard InChI is InChI=1S/C14H23NO4/c1-14(2,3)19-13(18)15-11-8-4-5-9(11)7-10(6-8)12(16)17/h8-11H,4-7H2,1-3H3,(H,15,18)(H,16,17)/t8-,9-,10?,11?/m1/s1. The largest absolute Gasteiger partial charge is 0.481 e. The molecule has 2 saturated carbocycles. The van der Waals surface area contributed by atoms with Crippen molar-refractivity contribution in [1.82, 2.24) is 5.32 Å². The van der Waals surface area contributed by atoms with Gasteiger partial charge < -0.3 is 15.2 Å². The monoisotopic (exact) mass is 269 g/mol. The topological polar surface area (TPSA) is 75.6 Å². The molecule has 5 heteroatoms. The lowest BCUT2D eigenvalue weighted by Crippen LogP contribution is -2.47. The molecular formula is C14H23NO4. The molecule has 19 heavy (non-hydrogen) atoms. The number of carboxylic acids is 1. The van der Waals surface area contributed by atoms with E-state index in [1.807, 2.05) is 20.8 Å². The van der Waals surface area contributed by atoms with Crippen molar-refractivity contribution in [3.05, 3.63) is 0 Å². The summed E-state index contributed by atoms with van der Waals surface area (Å²) in [5.74, 6) is -0.374. The van der Waals surface area contributed by atoms with Gasteiger partial charge in [-0.25, -0.2) is 4.79 Å². The molecule has 2 rings (SSSR count). The van der Waals surface area contributed by atoms with E-state index in [-0.39, 0.29) is 29.9 Å². The van der Waals surface area contributed by atoms with Crippen LogP contribution in [0.4, 0.5) is 4.79 Å². The third kappa shape index (κ3) is 3.39. The molecule has 0 aliphatic heterocycles. The van der Waals surface area contributed by atoms with Gasteiger partial charge in [-0.1, -0.05) is 0 Å². The van der Waals surface area contributed by atoms with Gasteiger partial charge in [0, 0.05) is 6.04 Å². The van der Waals surface area contributed by atoms with Crippen LogP contribution in [0.5, 0.6) is 0 Å². The molecule has 0 aromatic rings. The maximum absolute atomic E-state index is 11.8. The maximum atomic E-state index is 11.8. The number of carbonyl (C=O) groups is 2. The van der Waals surface area contributed by atoms with Crippen molar-refractivity contribution in [1.29, 1.82) is 0 Å². The number of carboxylic acid groups (broad SMARTS) is 1. The molecule has 2 atom stereocenters. The van der Waals surface area contributed by atoms with E-state index in [4.69, 9.17) is 9.84 Å². The van der Waals surface area contributed by atoms with Gasteiger partial charge in [0.25, 0.3) is 0 Å². The fraction of sp³-hybridized carbons (Fsp3) is 0.857. The zero-order chi connectivity index (χ0) is 14.2. The quantitative estimate of drug-likeness (QED) is 0.807. The number of ether oxygens (including phenoxy) is 1. The van der Waals surface area contributed by atoms with E-state index in [1.165, 1.54) is 0 Å². The van der Waals surface area contributed by atoms with Gasteiger partial charge in [0.15, 0.2) is 0 Å². The second-order valence-electron chi connectivity index (χ2n) is 6.78. The van der Waals surface area contributed by atoms with Gasteiger partial charge >= 0.3 is 12.1 Å². The van der Waals surface area contributed by atoms with Crippen molar-refractivity contribution in [3.63, 3.8) is 0 Å². The zero-order valence-electron chi connectivity index (χ0n) is 11.8. The number of hydrogen-bond acceptors (Lipinski definition) is 3. The molecular weight excluding hydrogens is 246 g/mol. The second-order valence-corrected chi connectivity index (χ2v) is 6.78. The summed E-state index contributed by atoms with van der Waals surface area (Å²) in [7, 11) is 0. The predicted molar refractivity (Wildman–Crippen MR) is 69.7 cm³/mol. The summed E-state index contributed by atoms with van der Waals surface area (Å²) in [6.45, 7) is 5.51. The minimum atomic E-state index is -0.701. The Morgan fingerprint density at radius 1 is 1.16 bits per heavy atom. The highest BCUT2D eigenvalue weighted by atomic mass is 16.6. The van der Waals surface area contributed by atoms with Gasteiger partial charge in [-0.2, -0.15) is 0 Å². The van der Waals surface area contributed by atoms with Crippen molar-refractivity contribution in [3.8, 4) is 0 Å². The van der Waals surface area contributed by atoms with E-state index >= 15 is 0 Å². The third-order valence-corrected chi connectivity index (χ3v) is 4.13. The van der Waals surface area contributed by atoms with E-state index in [0.29, 0.717) is 12.8 Å². The Bertz CT molecular complexity index is 360. The van der Waals surface area contributed by atoms with Crippen LogP contribution in [0.25, 0.3) is 0 Å². The minimum absolute atomic E-state index is 0.0884. The summed E-state index contributed by atoms with van der Waals surface area (Å²) in [6, 6.07) is 0.0884. The van der Waals surface area contributed by atoms with Crippen LogP contribution >= 0.6 is 0 Å². The van der Waals surface area contributed by atoms with E-state index in [0.717, 1.165) is 12.8 Å². The number of alkyl carbamates (subject to hydrolysis) is 1. The highest BCUT2D eigenvalue weighted by molar-refractivity contribution is 5.71. The fourth-order valence-electron chi connectivity index (χ4n) is 3.41. The van der Waals surface area contributed by atoms with Crippen molar-refractivity contribution in [2.75, 3.05) is 0 Å². The lowest BCUT2D eigenvalue weighted by atomic mass is 9.77. The molecule has 2 fully saturated rings. The highest BCUT2D eigenvalue weighted by Crippen LogP contribution is 2.45. The summed E-state index contributed by atoms with van der Waals surface area (Å²) < 4.78 is 5.27. The van der Waals surface area contributed by atoms with Crippen molar-refractivity contribution in [2.24, 2.45) is 17.8 Å². The number of aliphatic carboxylic acids is 1. The first-order chi connectivity index (χ1) is 8.76. The minimum Gasteiger partial charge on any atom is -0.481 e. The first kappa shape index (κ1) is 14.2. The first-order valence-corrected chi connectivity index (χ1v) is 6.98. The molecule has 2 N–H and O–H groups in total. The second kappa shape index (κ2) is 5.02. The van der Waals surface area contributed by atoms with E-state index in [2.05, 4.69) is 5.32 Å². The Labute approximate surface area is 113 Å². The number of carbonyl (C=O) groups excluding carboxylic acids is 1. The molecule has 0 spiro atoms. The molecule has 5 nitrogen and oxygen atoms in total. The Hall–Kier alpha value is -1.26. The van der Waals surface area contributed by atoms with Gasteiger partial charge in [0.05, 0.1) is 5.92 Å². The molecule has 108 valence electrons. The molecule has 0 heterocycles. The van der Waals surface area contributed by atoms with Crippen LogP contribution < -0.4 is 5.32 Å². The van der Waals surface area contributed by atoms with Crippen molar-refractivity contribution < 1.29 is 19.4 Å². The number of hydrogen-bond donors (Lipinski definition) is 2. The first-order valence-electron chi connectivity index (χ1n) is 6.98. The molecule has 0 unspecified atom stereocenters. The Morgan fingerprint density at radius 2 is 1.68 bits per heavy atom. The SMILES string of the molecule is CC(C)(C)OC(=O)NC1[C@@H]2CC[C@@H]1CC(C(=O)O)C2. The van der Waals surface area contributed by atoms with Crippen LogP contribution in [0.3, 0.4) is 0 Å². The summed E-state index contributed by atoms with van der Waals surface area (Å²) in [4.78, 5) is 22.9. The Kier molecular flexibility index (Phi) is 3.74. The normalized spacial score (nSPS) is 33.8. The van der Waals surface area contributed by atoms with Crippen LogP contribution in [-0.4, -0.2) is 28.8 Å². The number of amides is 1. The zero-order valence-corrected chi connectivity index (χ0v) is 11.8. The van der Waals surface area contributed by atoms with Crippen molar-refractivity contribution >= 4 is 12.1 Å². The van der Waals surface area contributed by atoms with Gasteiger partial charge in [-0.15, -0.1) is 0 Å². The molecule has 1 amide bonds. The molecule has 0 saturated heterocycles.